The lowest BCUT2D eigenvalue weighted by molar-refractivity contribution is -0.686. The molecule has 13 heavy (non-hydrogen) atoms. The minimum Gasteiger partial charge on any atom is -1.00 e. The molecule has 0 atom stereocenters. The Balaban J connectivity index is 0.00000144. The molecular formula is C9H12INO2. The van der Waals surface area contributed by atoms with Gasteiger partial charge in [-0.3, -0.25) is 0 Å². The van der Waals surface area contributed by atoms with E-state index in [1.165, 1.54) is 0 Å². The molecule has 0 saturated carbocycles. The van der Waals surface area contributed by atoms with Gasteiger partial charge in [-0.15, -0.1) is 0 Å². The highest BCUT2D eigenvalue weighted by molar-refractivity contribution is 5.67. The molecule has 0 aromatic carbocycles. The Morgan fingerprint density at radius 3 is 2.46 bits per heavy atom. The fourth-order valence-electron chi connectivity index (χ4n) is 0.895. The Bertz CT molecular complexity index is 251. The van der Waals surface area contributed by atoms with Crippen molar-refractivity contribution in [3.8, 4) is 0 Å². The smallest absolute Gasteiger partial charge is 0.372 e. The van der Waals surface area contributed by atoms with Crippen molar-refractivity contribution in [2.75, 3.05) is 6.61 Å². The van der Waals surface area contributed by atoms with Crippen molar-refractivity contribution < 1.29 is 38.1 Å². The first-order valence-corrected chi connectivity index (χ1v) is 3.92. The lowest BCUT2D eigenvalue weighted by Gasteiger charge is -1.96. The van der Waals surface area contributed by atoms with Gasteiger partial charge >= 0.3 is 5.97 Å². The molecule has 0 unspecified atom stereocenters. The molecule has 1 aromatic heterocycles. The summed E-state index contributed by atoms with van der Waals surface area (Å²) >= 11 is 0. The van der Waals surface area contributed by atoms with E-state index in [2.05, 4.69) is 0 Å². The predicted molar refractivity (Wildman–Crippen MR) is 43.3 cm³/mol. The molecule has 0 radical (unpaired) electrons. The summed E-state index contributed by atoms with van der Waals surface area (Å²) in [7, 11) is 0. The van der Waals surface area contributed by atoms with Gasteiger partial charge in [0.1, 0.15) is 0 Å². The standard InChI is InChI=1S/C9H12NO2.HI/c1-2-12-9(11)8-10-6-4-3-5-7-10;/h3-7H,2,8H2,1H3;1H/q+1;/p-1. The molecule has 1 rings (SSSR count). The Hall–Kier alpha value is -0.650. The van der Waals surface area contributed by atoms with Crippen LogP contribution in [0.25, 0.3) is 0 Å². The highest BCUT2D eigenvalue weighted by Crippen LogP contribution is 1.80. The van der Waals surface area contributed by atoms with Gasteiger partial charge < -0.3 is 28.7 Å². The van der Waals surface area contributed by atoms with Crippen molar-refractivity contribution in [2.45, 2.75) is 13.5 Å². The van der Waals surface area contributed by atoms with E-state index in [4.69, 9.17) is 4.74 Å². The van der Waals surface area contributed by atoms with Gasteiger partial charge in [-0.05, 0) is 6.92 Å². The van der Waals surface area contributed by atoms with Gasteiger partial charge in [0.15, 0.2) is 12.4 Å². The minimum atomic E-state index is -0.200. The van der Waals surface area contributed by atoms with Gasteiger partial charge in [0, 0.05) is 12.1 Å². The topological polar surface area (TPSA) is 30.2 Å². The summed E-state index contributed by atoms with van der Waals surface area (Å²) in [6.45, 7) is 2.52. The Morgan fingerprint density at radius 1 is 1.31 bits per heavy atom. The third kappa shape index (κ3) is 4.82. The zero-order chi connectivity index (χ0) is 8.81. The molecule has 0 aliphatic carbocycles. The third-order valence-electron chi connectivity index (χ3n) is 1.39. The monoisotopic (exact) mass is 293 g/mol. The lowest BCUT2D eigenvalue weighted by Crippen LogP contribution is -3.00. The van der Waals surface area contributed by atoms with Gasteiger partial charge in [0.25, 0.3) is 0 Å². The second-order valence-electron chi connectivity index (χ2n) is 2.35. The molecule has 1 heterocycles. The molecule has 0 spiro atoms. The van der Waals surface area contributed by atoms with Crippen molar-refractivity contribution in [2.24, 2.45) is 0 Å². The van der Waals surface area contributed by atoms with E-state index >= 15 is 0 Å². The molecule has 0 amide bonds. The first-order valence-electron chi connectivity index (χ1n) is 3.92. The number of carbonyl (C=O) groups is 1. The van der Waals surface area contributed by atoms with Crippen LogP contribution in [0.1, 0.15) is 6.92 Å². The second-order valence-corrected chi connectivity index (χ2v) is 2.35. The van der Waals surface area contributed by atoms with Crippen LogP contribution in [-0.4, -0.2) is 12.6 Å². The average Bonchev–Trinajstić information content (AvgIpc) is 2.06. The maximum absolute atomic E-state index is 11.0. The highest BCUT2D eigenvalue weighted by atomic mass is 127. The largest absolute Gasteiger partial charge is 1.00 e. The number of pyridine rings is 1. The van der Waals surface area contributed by atoms with Crippen LogP contribution in [0.4, 0.5) is 0 Å². The Kier molecular flexibility index (Phi) is 6.48. The van der Waals surface area contributed by atoms with E-state index in [1.54, 1.807) is 11.5 Å². The number of hydrogen-bond donors (Lipinski definition) is 0. The molecule has 0 fully saturated rings. The summed E-state index contributed by atoms with van der Waals surface area (Å²) in [5, 5.41) is 0. The number of rotatable bonds is 3. The number of hydrogen-bond acceptors (Lipinski definition) is 2. The van der Waals surface area contributed by atoms with Gasteiger partial charge in [0.2, 0.25) is 6.54 Å². The Labute approximate surface area is 94.7 Å². The molecule has 4 heteroatoms. The summed E-state index contributed by atoms with van der Waals surface area (Å²) in [5.74, 6) is -0.200. The fourth-order valence-corrected chi connectivity index (χ4v) is 0.895. The molecule has 1 aromatic rings. The van der Waals surface area contributed by atoms with Gasteiger partial charge in [-0.1, -0.05) is 6.07 Å². The normalized spacial score (nSPS) is 8.69. The molecule has 0 saturated heterocycles. The lowest BCUT2D eigenvalue weighted by atomic mass is 10.5. The van der Waals surface area contributed by atoms with Crippen LogP contribution >= 0.6 is 0 Å². The fraction of sp³-hybridized carbons (Fsp3) is 0.333. The number of halogens is 1. The van der Waals surface area contributed by atoms with Crippen LogP contribution in [0.2, 0.25) is 0 Å². The first-order chi connectivity index (χ1) is 5.83. The number of esters is 1. The van der Waals surface area contributed by atoms with E-state index < -0.39 is 0 Å². The quantitative estimate of drug-likeness (QED) is 0.352. The Morgan fingerprint density at radius 2 is 1.92 bits per heavy atom. The maximum atomic E-state index is 11.0. The van der Waals surface area contributed by atoms with Crippen LogP contribution in [-0.2, 0) is 16.1 Å². The summed E-state index contributed by atoms with van der Waals surface area (Å²) in [6, 6.07) is 5.65. The summed E-state index contributed by atoms with van der Waals surface area (Å²) in [5.41, 5.74) is 0. The number of ether oxygens (including phenoxy) is 1. The van der Waals surface area contributed by atoms with Crippen LogP contribution in [0.5, 0.6) is 0 Å². The van der Waals surface area contributed by atoms with Gasteiger partial charge in [-0.2, -0.15) is 4.57 Å². The van der Waals surface area contributed by atoms with Crippen LogP contribution in [0, 0.1) is 0 Å². The highest BCUT2D eigenvalue weighted by Gasteiger charge is 2.07. The molecule has 3 nitrogen and oxygen atoms in total. The van der Waals surface area contributed by atoms with Crippen molar-refractivity contribution in [1.29, 1.82) is 0 Å². The van der Waals surface area contributed by atoms with E-state index in [-0.39, 0.29) is 36.5 Å². The number of nitrogens with zero attached hydrogens (tertiary/aromatic N) is 1. The maximum Gasteiger partial charge on any atom is 0.372 e. The molecular weight excluding hydrogens is 281 g/mol. The van der Waals surface area contributed by atoms with E-state index in [0.717, 1.165) is 0 Å². The SMILES string of the molecule is CCOC(=O)C[n+]1ccccc1.[I-]. The number of carbonyl (C=O) groups excluding carboxylic acids is 1. The zero-order valence-electron chi connectivity index (χ0n) is 7.44. The molecule has 0 N–H and O–H groups in total. The van der Waals surface area contributed by atoms with E-state index in [1.807, 2.05) is 30.6 Å². The predicted octanol–water partition coefficient (Wildman–Crippen LogP) is -2.46. The third-order valence-corrected chi connectivity index (χ3v) is 1.39. The van der Waals surface area contributed by atoms with Crippen LogP contribution in [0.15, 0.2) is 30.6 Å². The van der Waals surface area contributed by atoms with Crippen LogP contribution < -0.4 is 28.5 Å². The van der Waals surface area contributed by atoms with Crippen molar-refractivity contribution in [1.82, 2.24) is 0 Å². The number of aromatic nitrogens is 1. The van der Waals surface area contributed by atoms with Crippen molar-refractivity contribution in [3.63, 3.8) is 0 Å². The molecule has 72 valence electrons. The van der Waals surface area contributed by atoms with E-state index in [9.17, 15) is 4.79 Å². The van der Waals surface area contributed by atoms with Crippen molar-refractivity contribution in [3.05, 3.63) is 30.6 Å². The molecule has 0 aliphatic heterocycles. The van der Waals surface area contributed by atoms with Gasteiger partial charge in [0.05, 0.1) is 6.61 Å². The summed E-state index contributed by atoms with van der Waals surface area (Å²) in [6.07, 6.45) is 3.66. The molecule has 0 bridgehead atoms. The average molecular weight is 293 g/mol. The van der Waals surface area contributed by atoms with Crippen LogP contribution in [0.3, 0.4) is 0 Å². The molecule has 0 aliphatic rings. The first kappa shape index (κ1) is 12.3. The minimum absolute atomic E-state index is 0. The summed E-state index contributed by atoms with van der Waals surface area (Å²) < 4.78 is 6.56. The van der Waals surface area contributed by atoms with Gasteiger partial charge in [-0.25, -0.2) is 4.79 Å². The van der Waals surface area contributed by atoms with Crippen molar-refractivity contribution >= 4 is 5.97 Å². The zero-order valence-corrected chi connectivity index (χ0v) is 9.60. The second kappa shape index (κ2) is 6.82. The summed E-state index contributed by atoms with van der Waals surface area (Å²) in [4.78, 5) is 11.0. The van der Waals surface area contributed by atoms with E-state index in [0.29, 0.717) is 6.61 Å².